The third-order valence-corrected chi connectivity index (χ3v) is 5.74. The summed E-state index contributed by atoms with van der Waals surface area (Å²) >= 11 is 0. The fourth-order valence-electron chi connectivity index (χ4n) is 4.04. The Morgan fingerprint density at radius 1 is 1.00 bits per heavy atom. The van der Waals surface area contributed by atoms with Crippen molar-refractivity contribution in [3.63, 3.8) is 0 Å². The van der Waals surface area contributed by atoms with E-state index in [0.717, 1.165) is 37.2 Å². The van der Waals surface area contributed by atoms with Crippen molar-refractivity contribution in [3.8, 4) is 11.3 Å². The lowest BCUT2D eigenvalue weighted by molar-refractivity contribution is -0.384. The zero-order chi connectivity index (χ0) is 21.6. The molecule has 0 radical (unpaired) electrons. The molecule has 2 aromatic carbocycles. The largest absolute Gasteiger partial charge is 0.372 e. The van der Waals surface area contributed by atoms with Crippen molar-refractivity contribution >= 4 is 17.2 Å². The van der Waals surface area contributed by atoms with Crippen LogP contribution in [0.3, 0.4) is 0 Å². The number of Topliss-reactive ketones (excluding diaryl/α,β-unsaturated/α-hetero) is 1. The number of aryl methyl sites for hydroxylation is 1. The second kappa shape index (κ2) is 9.51. The molecular weight excluding hydrogens is 390 g/mol. The molecule has 4 rings (SSSR count). The van der Waals surface area contributed by atoms with E-state index in [1.807, 2.05) is 42.5 Å². The van der Waals surface area contributed by atoms with Crippen LogP contribution in [0.5, 0.6) is 0 Å². The third-order valence-electron chi connectivity index (χ3n) is 5.74. The topological polar surface area (TPSA) is 76.3 Å². The number of nitro groups is 1. The number of anilines is 1. The van der Waals surface area contributed by atoms with E-state index in [4.69, 9.17) is 0 Å². The molecule has 3 aromatic rings. The van der Waals surface area contributed by atoms with Crippen LogP contribution in [0.15, 0.2) is 66.9 Å². The predicted octanol–water partition coefficient (Wildman–Crippen LogP) is 5.46. The summed E-state index contributed by atoms with van der Waals surface area (Å²) in [5, 5.41) is 11.7. The number of rotatable bonds is 7. The molecule has 0 atom stereocenters. The van der Waals surface area contributed by atoms with Gasteiger partial charge in [0.25, 0.3) is 5.69 Å². The number of piperidine rings is 1. The van der Waals surface area contributed by atoms with Gasteiger partial charge in [-0.15, -0.1) is 0 Å². The summed E-state index contributed by atoms with van der Waals surface area (Å²) in [7, 11) is 0. The van der Waals surface area contributed by atoms with Crippen LogP contribution in [-0.4, -0.2) is 28.8 Å². The highest BCUT2D eigenvalue weighted by molar-refractivity contribution is 5.97. The summed E-state index contributed by atoms with van der Waals surface area (Å²) in [5.74, 6) is 0.00217. The van der Waals surface area contributed by atoms with Crippen molar-refractivity contribution in [1.82, 2.24) is 4.98 Å². The Kier molecular flexibility index (Phi) is 6.36. The summed E-state index contributed by atoms with van der Waals surface area (Å²) in [4.78, 5) is 30.7. The average molecular weight is 415 g/mol. The van der Waals surface area contributed by atoms with Gasteiger partial charge >= 0.3 is 0 Å². The summed E-state index contributed by atoms with van der Waals surface area (Å²) in [5.41, 5.74) is 3.50. The minimum absolute atomic E-state index is 0.00199. The van der Waals surface area contributed by atoms with Crippen LogP contribution >= 0.6 is 0 Å². The van der Waals surface area contributed by atoms with Crippen molar-refractivity contribution < 1.29 is 9.72 Å². The molecule has 6 heteroatoms. The molecule has 1 saturated heterocycles. The van der Waals surface area contributed by atoms with E-state index in [9.17, 15) is 14.9 Å². The van der Waals surface area contributed by atoms with Gasteiger partial charge in [0.1, 0.15) is 0 Å². The molecule has 1 aliphatic rings. The fourth-order valence-corrected chi connectivity index (χ4v) is 4.04. The minimum Gasteiger partial charge on any atom is -0.372 e. The molecule has 2 heterocycles. The third kappa shape index (κ3) is 4.97. The lowest BCUT2D eigenvalue weighted by atomic mass is 10.0. The van der Waals surface area contributed by atoms with Crippen LogP contribution in [0.2, 0.25) is 0 Å². The number of nitrogens with zero attached hydrogens (tertiary/aromatic N) is 3. The second-order valence-electron chi connectivity index (χ2n) is 7.84. The Labute approximate surface area is 181 Å². The number of pyridine rings is 1. The number of hydrogen-bond acceptors (Lipinski definition) is 5. The molecule has 1 fully saturated rings. The zero-order valence-corrected chi connectivity index (χ0v) is 17.4. The zero-order valence-electron chi connectivity index (χ0n) is 17.4. The fraction of sp³-hybridized carbons (Fsp3) is 0.280. The maximum atomic E-state index is 12.8. The molecular formula is C25H25N3O3. The molecule has 0 spiro atoms. The van der Waals surface area contributed by atoms with Crippen molar-refractivity contribution in [2.75, 3.05) is 18.0 Å². The van der Waals surface area contributed by atoms with E-state index in [1.54, 1.807) is 24.4 Å². The van der Waals surface area contributed by atoms with Crippen molar-refractivity contribution in [1.29, 1.82) is 0 Å². The molecule has 31 heavy (non-hydrogen) atoms. The summed E-state index contributed by atoms with van der Waals surface area (Å²) in [6.07, 6.45) is 6.05. The molecule has 0 unspecified atom stereocenters. The SMILES string of the molecule is O=C(CCc1ccccc1)c1ccnc(-c2cc(N3CCCCC3)ccc2[N+](=O)[O-])c1. The smallest absolute Gasteiger partial charge is 0.278 e. The Balaban J connectivity index is 1.61. The van der Waals surface area contributed by atoms with Gasteiger partial charge in [-0.1, -0.05) is 30.3 Å². The van der Waals surface area contributed by atoms with Crippen molar-refractivity contribution in [2.45, 2.75) is 32.1 Å². The standard InChI is InChI=1S/C25H25N3O3/c29-25(12-9-19-7-3-1-4-8-19)20-13-14-26-23(17-20)22-18-21(10-11-24(22)28(30)31)27-15-5-2-6-16-27/h1,3-4,7-8,10-11,13-14,17-18H,2,5-6,9,12,15-16H2. The average Bonchev–Trinajstić information content (AvgIpc) is 2.83. The number of nitro benzene ring substituents is 1. The predicted molar refractivity (Wildman–Crippen MR) is 121 cm³/mol. The van der Waals surface area contributed by atoms with Crippen LogP contribution in [0.4, 0.5) is 11.4 Å². The van der Waals surface area contributed by atoms with Gasteiger partial charge in [0.05, 0.1) is 16.2 Å². The highest BCUT2D eigenvalue weighted by Crippen LogP contribution is 2.34. The summed E-state index contributed by atoms with van der Waals surface area (Å²) < 4.78 is 0. The van der Waals surface area contributed by atoms with Gasteiger partial charge < -0.3 is 4.90 Å². The van der Waals surface area contributed by atoms with Gasteiger partial charge in [-0.25, -0.2) is 0 Å². The van der Waals surface area contributed by atoms with Gasteiger partial charge in [0.15, 0.2) is 5.78 Å². The first-order valence-electron chi connectivity index (χ1n) is 10.7. The number of aromatic nitrogens is 1. The van der Waals surface area contributed by atoms with Gasteiger partial charge in [-0.3, -0.25) is 19.9 Å². The number of carbonyl (C=O) groups is 1. The maximum Gasteiger partial charge on any atom is 0.278 e. The van der Waals surface area contributed by atoms with E-state index < -0.39 is 0 Å². The number of benzene rings is 2. The molecule has 0 aliphatic carbocycles. The Hall–Kier alpha value is -3.54. The Morgan fingerprint density at radius 3 is 2.52 bits per heavy atom. The van der Waals surface area contributed by atoms with Gasteiger partial charge in [-0.05, 0) is 55.5 Å². The van der Waals surface area contributed by atoms with E-state index in [2.05, 4.69) is 9.88 Å². The molecule has 0 amide bonds. The monoisotopic (exact) mass is 415 g/mol. The lowest BCUT2D eigenvalue weighted by Gasteiger charge is -2.29. The molecule has 0 N–H and O–H groups in total. The number of carbonyl (C=O) groups excluding carboxylic acids is 1. The maximum absolute atomic E-state index is 12.8. The summed E-state index contributed by atoms with van der Waals surface area (Å²) in [6, 6.07) is 18.4. The van der Waals surface area contributed by atoms with E-state index in [1.165, 1.54) is 6.42 Å². The highest BCUT2D eigenvalue weighted by Gasteiger charge is 2.21. The first-order valence-corrected chi connectivity index (χ1v) is 10.7. The Morgan fingerprint density at radius 2 is 1.77 bits per heavy atom. The first-order chi connectivity index (χ1) is 15.1. The minimum atomic E-state index is -0.388. The highest BCUT2D eigenvalue weighted by atomic mass is 16.6. The van der Waals surface area contributed by atoms with Crippen molar-refractivity contribution in [2.24, 2.45) is 0 Å². The van der Waals surface area contributed by atoms with Gasteiger partial charge in [0.2, 0.25) is 0 Å². The van der Waals surface area contributed by atoms with E-state index in [0.29, 0.717) is 29.7 Å². The second-order valence-corrected chi connectivity index (χ2v) is 7.84. The van der Waals surface area contributed by atoms with Gasteiger partial charge in [0, 0.05) is 43.0 Å². The van der Waals surface area contributed by atoms with E-state index >= 15 is 0 Å². The van der Waals surface area contributed by atoms with Gasteiger partial charge in [-0.2, -0.15) is 0 Å². The first kappa shape index (κ1) is 20.7. The lowest BCUT2D eigenvalue weighted by Crippen LogP contribution is -2.29. The van der Waals surface area contributed by atoms with Crippen molar-refractivity contribution in [3.05, 3.63) is 88.1 Å². The molecule has 0 bridgehead atoms. The number of hydrogen-bond donors (Lipinski definition) is 0. The van der Waals surface area contributed by atoms with Crippen LogP contribution in [0.1, 0.15) is 41.6 Å². The Bertz CT molecular complexity index is 1080. The molecule has 1 aromatic heterocycles. The summed E-state index contributed by atoms with van der Waals surface area (Å²) in [6.45, 7) is 1.89. The quantitative estimate of drug-likeness (QED) is 0.291. The van der Waals surface area contributed by atoms with Crippen LogP contribution < -0.4 is 4.90 Å². The molecule has 6 nitrogen and oxygen atoms in total. The van der Waals surface area contributed by atoms with Crippen LogP contribution in [-0.2, 0) is 6.42 Å². The van der Waals surface area contributed by atoms with Crippen LogP contribution in [0, 0.1) is 10.1 Å². The molecule has 158 valence electrons. The van der Waals surface area contributed by atoms with E-state index in [-0.39, 0.29) is 16.4 Å². The molecule has 0 saturated carbocycles. The molecule has 1 aliphatic heterocycles. The normalized spacial score (nSPS) is 13.7. The van der Waals surface area contributed by atoms with Crippen LogP contribution in [0.25, 0.3) is 11.3 Å². The number of ketones is 1.